The fraction of sp³-hybridized carbons (Fsp3) is 0.350. The van der Waals surface area contributed by atoms with E-state index in [1.165, 1.54) is 18.2 Å². The number of amides is 1. The lowest BCUT2D eigenvalue weighted by Crippen LogP contribution is -2.32. The van der Waals surface area contributed by atoms with Crippen molar-refractivity contribution < 1.29 is 17.6 Å². The number of benzene rings is 2. The number of hydrogen-bond donors (Lipinski definition) is 2. The summed E-state index contributed by atoms with van der Waals surface area (Å²) in [4.78, 5) is 12.2. The van der Waals surface area contributed by atoms with Crippen LogP contribution in [0.5, 0.6) is 0 Å². The molecule has 0 saturated heterocycles. The second kappa shape index (κ2) is 8.63. The summed E-state index contributed by atoms with van der Waals surface area (Å²) >= 11 is 0. The van der Waals surface area contributed by atoms with E-state index in [1.54, 1.807) is 30.3 Å². The molecule has 1 amide bonds. The molecule has 1 fully saturated rings. The summed E-state index contributed by atoms with van der Waals surface area (Å²) in [6.45, 7) is 0.333. The van der Waals surface area contributed by atoms with E-state index >= 15 is 0 Å². The van der Waals surface area contributed by atoms with Gasteiger partial charge < -0.3 is 5.32 Å². The van der Waals surface area contributed by atoms with Crippen LogP contribution in [0.4, 0.5) is 4.39 Å². The van der Waals surface area contributed by atoms with E-state index in [9.17, 15) is 17.6 Å². The van der Waals surface area contributed by atoms with Crippen LogP contribution in [-0.4, -0.2) is 26.9 Å². The molecule has 0 bridgehead atoms. The van der Waals surface area contributed by atoms with Crippen molar-refractivity contribution in [3.8, 4) is 0 Å². The molecule has 0 aliphatic heterocycles. The first-order valence-corrected chi connectivity index (χ1v) is 10.6. The minimum Gasteiger partial charge on any atom is -0.352 e. The first-order chi connectivity index (χ1) is 13.0. The number of carbonyl (C=O) groups excluding carboxylic acids is 1. The van der Waals surface area contributed by atoms with E-state index in [-0.39, 0.29) is 16.5 Å². The smallest absolute Gasteiger partial charge is 0.254 e. The van der Waals surface area contributed by atoms with Crippen molar-refractivity contribution in [2.24, 2.45) is 0 Å². The molecule has 27 heavy (non-hydrogen) atoms. The van der Waals surface area contributed by atoms with Gasteiger partial charge in [-0.25, -0.2) is 17.5 Å². The molecule has 2 N–H and O–H groups in total. The second-order valence-corrected chi connectivity index (χ2v) is 8.45. The zero-order valence-corrected chi connectivity index (χ0v) is 15.8. The highest BCUT2D eigenvalue weighted by Gasteiger charge is 2.22. The summed E-state index contributed by atoms with van der Waals surface area (Å²) in [5.74, 6) is -1.02. The number of halogens is 1. The molecular formula is C20H23FN2O3S. The number of rotatable bonds is 7. The maximum atomic E-state index is 13.6. The Morgan fingerprint density at radius 3 is 2.37 bits per heavy atom. The van der Waals surface area contributed by atoms with Gasteiger partial charge in [0.25, 0.3) is 5.91 Å². The Balaban J connectivity index is 1.53. The molecular weight excluding hydrogens is 367 g/mol. The third kappa shape index (κ3) is 5.14. The minimum atomic E-state index is -3.50. The normalized spacial score (nSPS) is 15.0. The van der Waals surface area contributed by atoms with Gasteiger partial charge >= 0.3 is 0 Å². The van der Waals surface area contributed by atoms with E-state index in [0.717, 1.165) is 31.2 Å². The van der Waals surface area contributed by atoms with Crippen molar-refractivity contribution in [1.29, 1.82) is 0 Å². The third-order valence-corrected chi connectivity index (χ3v) is 6.26. The number of sulfonamides is 1. The van der Waals surface area contributed by atoms with Crippen molar-refractivity contribution in [2.75, 3.05) is 6.54 Å². The highest BCUT2D eigenvalue weighted by molar-refractivity contribution is 7.89. The zero-order valence-electron chi connectivity index (χ0n) is 14.9. The lowest BCUT2D eigenvalue weighted by molar-refractivity contribution is 0.0950. The van der Waals surface area contributed by atoms with Crippen LogP contribution in [0.1, 0.15) is 41.6 Å². The molecule has 5 nitrogen and oxygen atoms in total. The molecule has 0 heterocycles. The molecule has 3 rings (SSSR count). The maximum absolute atomic E-state index is 13.6. The third-order valence-electron chi connectivity index (χ3n) is 4.73. The predicted molar refractivity (Wildman–Crippen MR) is 101 cm³/mol. The van der Waals surface area contributed by atoms with E-state index in [0.29, 0.717) is 13.0 Å². The van der Waals surface area contributed by atoms with E-state index in [1.807, 2.05) is 0 Å². The lowest BCUT2D eigenvalue weighted by atomic mass is 10.1. The minimum absolute atomic E-state index is 0.0110. The van der Waals surface area contributed by atoms with Gasteiger partial charge in [-0.2, -0.15) is 0 Å². The summed E-state index contributed by atoms with van der Waals surface area (Å²) in [5, 5.41) is 2.67. The monoisotopic (exact) mass is 390 g/mol. The Labute approximate surface area is 159 Å². The molecule has 0 unspecified atom stereocenters. The highest BCUT2D eigenvalue weighted by atomic mass is 32.2. The number of carbonyl (C=O) groups is 1. The van der Waals surface area contributed by atoms with Gasteiger partial charge in [0.05, 0.1) is 10.5 Å². The van der Waals surface area contributed by atoms with Crippen molar-refractivity contribution in [3.05, 3.63) is 65.5 Å². The SMILES string of the molecule is O=C(NCCc1ccc(S(=O)(=O)NC2CCCC2)cc1)c1ccccc1F. The Morgan fingerprint density at radius 1 is 1.04 bits per heavy atom. The molecule has 7 heteroatoms. The molecule has 0 spiro atoms. The largest absolute Gasteiger partial charge is 0.352 e. The predicted octanol–water partition coefficient (Wildman–Crippen LogP) is 3.02. The standard InChI is InChI=1S/C20H23FN2O3S/c21-19-8-4-3-7-18(19)20(24)22-14-13-15-9-11-17(12-10-15)27(25,26)23-16-5-1-2-6-16/h3-4,7-12,16,23H,1-2,5-6,13-14H2,(H,22,24). The highest BCUT2D eigenvalue weighted by Crippen LogP contribution is 2.20. The van der Waals surface area contributed by atoms with E-state index in [4.69, 9.17) is 0 Å². The van der Waals surface area contributed by atoms with Crippen LogP contribution in [0, 0.1) is 5.82 Å². The molecule has 0 aromatic heterocycles. The van der Waals surface area contributed by atoms with Crippen molar-refractivity contribution in [2.45, 2.75) is 43.0 Å². The zero-order chi connectivity index (χ0) is 19.3. The van der Waals surface area contributed by atoms with Gasteiger partial charge in [-0.05, 0) is 49.1 Å². The van der Waals surface area contributed by atoms with Crippen LogP contribution in [0.3, 0.4) is 0 Å². The van der Waals surface area contributed by atoms with Crippen molar-refractivity contribution >= 4 is 15.9 Å². The summed E-state index contributed by atoms with van der Waals surface area (Å²) in [7, 11) is -3.50. The molecule has 2 aromatic carbocycles. The molecule has 2 aromatic rings. The van der Waals surface area contributed by atoms with E-state index < -0.39 is 21.7 Å². The first kappa shape index (κ1) is 19.5. The van der Waals surface area contributed by atoms with Gasteiger partial charge in [0.2, 0.25) is 10.0 Å². The average Bonchev–Trinajstić information content (AvgIpc) is 3.15. The Morgan fingerprint density at radius 2 is 1.70 bits per heavy atom. The molecule has 144 valence electrons. The summed E-state index contributed by atoms with van der Waals surface area (Å²) < 4.78 is 41.1. The summed E-state index contributed by atoms with van der Waals surface area (Å²) in [6.07, 6.45) is 4.42. The van der Waals surface area contributed by atoms with E-state index in [2.05, 4.69) is 10.0 Å². The average molecular weight is 390 g/mol. The number of nitrogens with one attached hydrogen (secondary N) is 2. The fourth-order valence-electron chi connectivity index (χ4n) is 3.23. The summed E-state index contributed by atoms with van der Waals surface area (Å²) in [5.41, 5.74) is 0.903. The van der Waals surface area contributed by atoms with Crippen LogP contribution in [0.25, 0.3) is 0 Å². The van der Waals surface area contributed by atoms with Gasteiger partial charge in [0.1, 0.15) is 5.82 Å². The van der Waals surface area contributed by atoms with Gasteiger partial charge in [-0.1, -0.05) is 37.1 Å². The molecule has 0 radical (unpaired) electrons. The molecule has 1 aliphatic carbocycles. The Kier molecular flexibility index (Phi) is 6.23. The van der Waals surface area contributed by atoms with Crippen LogP contribution in [-0.2, 0) is 16.4 Å². The Hall–Kier alpha value is -2.25. The maximum Gasteiger partial charge on any atom is 0.254 e. The molecule has 0 atom stereocenters. The topological polar surface area (TPSA) is 75.3 Å². The van der Waals surface area contributed by atoms with Gasteiger partial charge in [-0.3, -0.25) is 4.79 Å². The lowest BCUT2D eigenvalue weighted by Gasteiger charge is -2.13. The van der Waals surface area contributed by atoms with Crippen LogP contribution >= 0.6 is 0 Å². The quantitative estimate of drug-likeness (QED) is 0.763. The molecule has 1 aliphatic rings. The van der Waals surface area contributed by atoms with Gasteiger partial charge in [0, 0.05) is 12.6 Å². The fourth-order valence-corrected chi connectivity index (χ4v) is 4.53. The number of hydrogen-bond acceptors (Lipinski definition) is 3. The second-order valence-electron chi connectivity index (χ2n) is 6.73. The van der Waals surface area contributed by atoms with Gasteiger partial charge in [-0.15, -0.1) is 0 Å². The molecule has 1 saturated carbocycles. The van der Waals surface area contributed by atoms with Crippen molar-refractivity contribution in [3.63, 3.8) is 0 Å². The van der Waals surface area contributed by atoms with Crippen molar-refractivity contribution in [1.82, 2.24) is 10.0 Å². The Bertz CT molecular complexity index is 892. The van der Waals surface area contributed by atoms with Crippen LogP contribution in [0.15, 0.2) is 53.4 Å². The van der Waals surface area contributed by atoms with Crippen LogP contribution < -0.4 is 10.0 Å². The summed E-state index contributed by atoms with van der Waals surface area (Å²) in [6, 6.07) is 12.5. The first-order valence-electron chi connectivity index (χ1n) is 9.10. The van der Waals surface area contributed by atoms with Crippen LogP contribution in [0.2, 0.25) is 0 Å². The van der Waals surface area contributed by atoms with Gasteiger partial charge in [0.15, 0.2) is 0 Å².